The van der Waals surface area contributed by atoms with E-state index in [0.29, 0.717) is 11.3 Å². The molecule has 10 heteroatoms. The van der Waals surface area contributed by atoms with Crippen LogP contribution in [-0.4, -0.2) is 21.6 Å². The standard InChI is InChI=1S/C17H20ClFNO5PS/c1-3-24-26(21,25-4-2)12-13-5-7-14(8-6-13)20-27(22,23)15-9-10-17(19)16(18)11-15/h5-11,20H,3-4,12H2,1-2H3. The Balaban J connectivity index is 2.15. The van der Waals surface area contributed by atoms with Gasteiger partial charge < -0.3 is 9.05 Å². The zero-order valence-electron chi connectivity index (χ0n) is 14.8. The number of hydrogen-bond donors (Lipinski definition) is 1. The van der Waals surface area contributed by atoms with Gasteiger partial charge in [0.05, 0.1) is 29.3 Å². The van der Waals surface area contributed by atoms with E-state index < -0.39 is 23.4 Å². The minimum atomic E-state index is -3.92. The van der Waals surface area contributed by atoms with E-state index in [-0.39, 0.29) is 29.3 Å². The van der Waals surface area contributed by atoms with E-state index in [2.05, 4.69) is 4.72 Å². The predicted molar refractivity (Wildman–Crippen MR) is 103 cm³/mol. The molecular formula is C17H20ClFNO5PS. The molecule has 0 spiro atoms. The SMILES string of the molecule is CCOP(=O)(Cc1ccc(NS(=O)(=O)c2ccc(F)c(Cl)c2)cc1)OCC. The summed E-state index contributed by atoms with van der Waals surface area (Å²) in [6, 6.07) is 9.45. The lowest BCUT2D eigenvalue weighted by atomic mass is 10.2. The van der Waals surface area contributed by atoms with Crippen molar-refractivity contribution in [2.24, 2.45) is 0 Å². The van der Waals surface area contributed by atoms with Crippen molar-refractivity contribution in [1.29, 1.82) is 0 Å². The summed E-state index contributed by atoms with van der Waals surface area (Å²) in [6.07, 6.45) is 0.0787. The molecule has 6 nitrogen and oxygen atoms in total. The van der Waals surface area contributed by atoms with Crippen LogP contribution in [-0.2, 0) is 29.8 Å². The molecule has 0 unspecified atom stereocenters. The fourth-order valence-electron chi connectivity index (χ4n) is 2.28. The van der Waals surface area contributed by atoms with Crippen LogP contribution < -0.4 is 4.72 Å². The summed E-state index contributed by atoms with van der Waals surface area (Å²) in [5.41, 5.74) is 0.967. The minimum Gasteiger partial charge on any atom is -0.309 e. The number of rotatable bonds is 9. The Labute approximate surface area is 163 Å². The molecule has 0 amide bonds. The van der Waals surface area contributed by atoms with Crippen molar-refractivity contribution < 1.29 is 26.4 Å². The van der Waals surface area contributed by atoms with Crippen molar-refractivity contribution in [3.05, 3.63) is 58.9 Å². The first-order valence-corrected chi connectivity index (χ1v) is 11.7. The first kappa shape index (κ1) is 21.9. The molecule has 2 rings (SSSR count). The van der Waals surface area contributed by atoms with Crippen LogP contribution in [0.25, 0.3) is 0 Å². The monoisotopic (exact) mass is 435 g/mol. The zero-order valence-corrected chi connectivity index (χ0v) is 17.3. The molecule has 0 aliphatic carbocycles. The fourth-order valence-corrected chi connectivity index (χ4v) is 5.31. The van der Waals surface area contributed by atoms with Gasteiger partial charge in [0, 0.05) is 5.69 Å². The summed E-state index contributed by atoms with van der Waals surface area (Å²) in [5.74, 6) is -0.701. The van der Waals surface area contributed by atoms with Gasteiger partial charge in [0.15, 0.2) is 0 Å². The van der Waals surface area contributed by atoms with Crippen molar-refractivity contribution in [3.8, 4) is 0 Å². The average molecular weight is 436 g/mol. The summed E-state index contributed by atoms with van der Waals surface area (Å²) < 4.78 is 63.4. The Bertz CT molecular complexity index is 927. The fraction of sp³-hybridized carbons (Fsp3) is 0.294. The Morgan fingerprint density at radius 2 is 1.67 bits per heavy atom. The smallest absolute Gasteiger partial charge is 0.309 e. The van der Waals surface area contributed by atoms with Crippen molar-refractivity contribution in [2.75, 3.05) is 17.9 Å². The summed E-state index contributed by atoms with van der Waals surface area (Å²) in [5, 5.41) is -0.282. The van der Waals surface area contributed by atoms with E-state index in [0.717, 1.165) is 18.2 Å². The lowest BCUT2D eigenvalue weighted by Gasteiger charge is -2.17. The third-order valence-electron chi connectivity index (χ3n) is 3.44. The third kappa shape index (κ3) is 6.02. The molecule has 0 saturated carbocycles. The summed E-state index contributed by atoms with van der Waals surface area (Å²) in [4.78, 5) is -0.157. The number of hydrogen-bond acceptors (Lipinski definition) is 5. The number of anilines is 1. The summed E-state index contributed by atoms with van der Waals surface area (Å²) >= 11 is 5.64. The van der Waals surface area contributed by atoms with E-state index in [1.54, 1.807) is 26.0 Å². The Morgan fingerprint density at radius 1 is 1.07 bits per heavy atom. The van der Waals surface area contributed by atoms with Crippen LogP contribution >= 0.6 is 19.2 Å². The van der Waals surface area contributed by atoms with E-state index in [1.165, 1.54) is 12.1 Å². The molecule has 2 aromatic rings. The highest BCUT2D eigenvalue weighted by molar-refractivity contribution is 7.92. The highest BCUT2D eigenvalue weighted by Gasteiger charge is 2.24. The first-order valence-electron chi connectivity index (χ1n) is 8.14. The maximum absolute atomic E-state index is 13.2. The molecule has 27 heavy (non-hydrogen) atoms. The molecule has 0 bridgehead atoms. The average Bonchev–Trinajstić information content (AvgIpc) is 2.59. The normalized spacial score (nSPS) is 12.1. The van der Waals surface area contributed by atoms with Gasteiger partial charge in [0.2, 0.25) is 0 Å². The van der Waals surface area contributed by atoms with Crippen LogP contribution in [0, 0.1) is 5.82 Å². The molecule has 0 radical (unpaired) electrons. The topological polar surface area (TPSA) is 81.7 Å². The zero-order chi connectivity index (χ0) is 20.1. The molecule has 148 valence electrons. The second kappa shape index (κ2) is 9.17. The maximum atomic E-state index is 13.2. The van der Waals surface area contributed by atoms with E-state index >= 15 is 0 Å². The Hall–Kier alpha value is -1.44. The van der Waals surface area contributed by atoms with Crippen molar-refractivity contribution in [3.63, 3.8) is 0 Å². The Morgan fingerprint density at radius 3 is 2.19 bits per heavy atom. The molecule has 1 N–H and O–H groups in total. The van der Waals surface area contributed by atoms with Gasteiger partial charge in [-0.15, -0.1) is 0 Å². The van der Waals surface area contributed by atoms with Gasteiger partial charge >= 0.3 is 7.60 Å². The second-order valence-electron chi connectivity index (χ2n) is 5.48. The minimum absolute atomic E-state index is 0.0787. The van der Waals surface area contributed by atoms with Crippen LogP contribution in [0.5, 0.6) is 0 Å². The molecule has 0 aromatic heterocycles. The molecular weight excluding hydrogens is 416 g/mol. The van der Waals surface area contributed by atoms with E-state index in [1.807, 2.05) is 0 Å². The molecule has 2 aromatic carbocycles. The molecule has 0 heterocycles. The summed E-state index contributed by atoms with van der Waals surface area (Å²) in [7, 11) is -7.17. The first-order chi connectivity index (χ1) is 12.7. The predicted octanol–water partition coefficient (Wildman–Crippen LogP) is 5.05. The van der Waals surface area contributed by atoms with E-state index in [9.17, 15) is 17.4 Å². The van der Waals surface area contributed by atoms with Gasteiger partial charge in [0.25, 0.3) is 10.0 Å². The highest BCUT2D eigenvalue weighted by atomic mass is 35.5. The lowest BCUT2D eigenvalue weighted by Crippen LogP contribution is -2.13. The van der Waals surface area contributed by atoms with Gasteiger partial charge in [-0.2, -0.15) is 0 Å². The van der Waals surface area contributed by atoms with Crippen molar-refractivity contribution in [2.45, 2.75) is 24.9 Å². The van der Waals surface area contributed by atoms with E-state index in [4.69, 9.17) is 20.6 Å². The molecule has 0 aliphatic heterocycles. The van der Waals surface area contributed by atoms with Gasteiger partial charge in [-0.3, -0.25) is 9.29 Å². The highest BCUT2D eigenvalue weighted by Crippen LogP contribution is 2.51. The number of halogens is 2. The maximum Gasteiger partial charge on any atom is 0.335 e. The van der Waals surface area contributed by atoms with Gasteiger partial charge in [0.1, 0.15) is 5.82 Å². The van der Waals surface area contributed by atoms with Gasteiger partial charge in [-0.05, 0) is 49.7 Å². The lowest BCUT2D eigenvalue weighted by molar-refractivity contribution is 0.219. The molecule has 0 aliphatic rings. The number of sulfonamides is 1. The number of benzene rings is 2. The van der Waals surface area contributed by atoms with Gasteiger partial charge in [-0.1, -0.05) is 23.7 Å². The molecule has 0 atom stereocenters. The molecule has 0 fully saturated rings. The van der Waals surface area contributed by atoms with Gasteiger partial charge in [-0.25, -0.2) is 12.8 Å². The summed E-state index contributed by atoms with van der Waals surface area (Å²) in [6.45, 7) is 3.97. The van der Waals surface area contributed by atoms with Crippen LogP contribution in [0.2, 0.25) is 5.02 Å². The largest absolute Gasteiger partial charge is 0.335 e. The molecule has 0 saturated heterocycles. The van der Waals surface area contributed by atoms with Crippen LogP contribution in [0.15, 0.2) is 47.4 Å². The van der Waals surface area contributed by atoms with Crippen LogP contribution in [0.1, 0.15) is 19.4 Å². The number of nitrogens with one attached hydrogen (secondary N) is 1. The Kier molecular flexibility index (Phi) is 7.42. The van der Waals surface area contributed by atoms with Crippen LogP contribution in [0.4, 0.5) is 10.1 Å². The quantitative estimate of drug-likeness (QED) is 0.557. The van der Waals surface area contributed by atoms with Crippen molar-refractivity contribution in [1.82, 2.24) is 0 Å². The van der Waals surface area contributed by atoms with Crippen molar-refractivity contribution >= 4 is 34.9 Å². The third-order valence-corrected chi connectivity index (χ3v) is 7.16. The second-order valence-corrected chi connectivity index (χ2v) is 9.63. The van der Waals surface area contributed by atoms with Crippen LogP contribution in [0.3, 0.4) is 0 Å².